The number of benzene rings is 1. The molecule has 0 unspecified atom stereocenters. The minimum Gasteiger partial charge on any atom is -1.00 e. The van der Waals surface area contributed by atoms with Crippen molar-refractivity contribution in [2.45, 2.75) is 26.7 Å². The van der Waals surface area contributed by atoms with Crippen LogP contribution in [-0.2, 0) is 26.9 Å². The normalized spacial score (nSPS) is 12.7. The Morgan fingerprint density at radius 1 is 1.11 bits per heavy atom. The molecule has 0 bridgehead atoms. The number of halogens is 3. The van der Waals surface area contributed by atoms with E-state index >= 15 is 0 Å². The average Bonchev–Trinajstić information content (AvgIpc) is 2.57. The SMILES string of the molecule is Cc1ccc(CC2=[C]([Ti+3])CC=C2)c(C)c1.[Cl-].[Cl-].[Cl-]. The van der Waals surface area contributed by atoms with E-state index in [1.807, 2.05) is 0 Å². The van der Waals surface area contributed by atoms with Gasteiger partial charge in [-0.1, -0.05) is 0 Å². The Bertz CT molecular complexity index is 450. The summed E-state index contributed by atoms with van der Waals surface area (Å²) in [4.78, 5) is 0. The Balaban J connectivity index is 0. The van der Waals surface area contributed by atoms with Gasteiger partial charge in [0.1, 0.15) is 0 Å². The van der Waals surface area contributed by atoms with Crippen LogP contribution in [0.4, 0.5) is 0 Å². The van der Waals surface area contributed by atoms with Crippen molar-refractivity contribution in [2.75, 3.05) is 0 Å². The molecule has 4 heteroatoms. The maximum absolute atomic E-state index is 2.27. The molecule has 0 spiro atoms. The Kier molecular flexibility index (Phi) is 10.6. The molecule has 0 radical (unpaired) electrons. The monoisotopic (exact) mass is 336 g/mol. The van der Waals surface area contributed by atoms with E-state index in [0.717, 1.165) is 12.8 Å². The van der Waals surface area contributed by atoms with E-state index in [2.05, 4.69) is 64.6 Å². The third-order valence-corrected chi connectivity index (χ3v) is 3.73. The Hall–Kier alpha value is 0.284. The van der Waals surface area contributed by atoms with Gasteiger partial charge in [-0.2, -0.15) is 0 Å². The molecule has 96 valence electrons. The summed E-state index contributed by atoms with van der Waals surface area (Å²) in [7, 11) is 0. The van der Waals surface area contributed by atoms with Gasteiger partial charge in [0.15, 0.2) is 0 Å². The van der Waals surface area contributed by atoms with Gasteiger partial charge < -0.3 is 37.2 Å². The second-order valence-corrected chi connectivity index (χ2v) is 5.16. The summed E-state index contributed by atoms with van der Waals surface area (Å²) in [5.74, 6) is 0. The van der Waals surface area contributed by atoms with E-state index in [1.54, 1.807) is 0 Å². The van der Waals surface area contributed by atoms with Gasteiger partial charge in [-0.3, -0.25) is 0 Å². The van der Waals surface area contributed by atoms with Crippen molar-refractivity contribution in [3.05, 3.63) is 56.5 Å². The summed E-state index contributed by atoms with van der Waals surface area (Å²) in [6, 6.07) is 6.73. The zero-order chi connectivity index (χ0) is 10.8. The largest absolute Gasteiger partial charge is 1.00 e. The van der Waals surface area contributed by atoms with Crippen LogP contribution >= 0.6 is 0 Å². The van der Waals surface area contributed by atoms with Gasteiger partial charge in [0.2, 0.25) is 0 Å². The van der Waals surface area contributed by atoms with Crippen LogP contribution in [0.1, 0.15) is 23.1 Å². The molecule has 2 rings (SSSR count). The summed E-state index contributed by atoms with van der Waals surface area (Å²) < 4.78 is 1.52. The van der Waals surface area contributed by atoms with Crippen LogP contribution in [0.5, 0.6) is 0 Å². The van der Waals surface area contributed by atoms with Gasteiger partial charge in [-0.25, -0.2) is 0 Å². The molecule has 1 aliphatic carbocycles. The standard InChI is InChI=1S/C14H15.3ClH.Ti/c1-11-7-8-14(12(2)9-11)10-13-5-3-4-6-13;;;;/h3,5,7-9H,4,10H2,1-2H3;3*1H;/q;;;;+3/p-3. The van der Waals surface area contributed by atoms with Crippen LogP contribution in [0.2, 0.25) is 0 Å². The summed E-state index contributed by atoms with van der Waals surface area (Å²) in [5, 5.41) is 0. The third kappa shape index (κ3) is 5.11. The van der Waals surface area contributed by atoms with Crippen LogP contribution in [0, 0.1) is 13.8 Å². The van der Waals surface area contributed by atoms with Crippen LogP contribution in [-0.4, -0.2) is 0 Å². The second kappa shape index (κ2) is 9.23. The van der Waals surface area contributed by atoms with Crippen molar-refractivity contribution < 1.29 is 57.7 Å². The maximum Gasteiger partial charge on any atom is -1.00 e. The Morgan fingerprint density at radius 2 is 1.78 bits per heavy atom. The molecule has 1 aliphatic rings. The minimum absolute atomic E-state index is 0. The van der Waals surface area contributed by atoms with Crippen molar-refractivity contribution in [3.8, 4) is 0 Å². The molecule has 1 aromatic rings. The molecule has 0 nitrogen and oxygen atoms in total. The van der Waals surface area contributed by atoms with Crippen molar-refractivity contribution in [1.29, 1.82) is 0 Å². The molecular weight excluding hydrogens is 322 g/mol. The van der Waals surface area contributed by atoms with Crippen molar-refractivity contribution >= 4 is 0 Å². The summed E-state index contributed by atoms with van der Waals surface area (Å²) in [6.07, 6.45) is 6.76. The molecule has 0 fully saturated rings. The van der Waals surface area contributed by atoms with E-state index in [-0.39, 0.29) is 37.2 Å². The first-order valence-electron chi connectivity index (χ1n) is 5.33. The fourth-order valence-electron chi connectivity index (χ4n) is 1.97. The van der Waals surface area contributed by atoms with Gasteiger partial charge in [0.05, 0.1) is 0 Å². The van der Waals surface area contributed by atoms with Crippen LogP contribution in [0.25, 0.3) is 0 Å². The molecule has 0 saturated carbocycles. The summed E-state index contributed by atoms with van der Waals surface area (Å²) in [6.45, 7) is 4.35. The number of aryl methyl sites for hydroxylation is 2. The van der Waals surface area contributed by atoms with Gasteiger partial charge in [-0.05, 0) is 0 Å². The predicted octanol–water partition coefficient (Wildman–Crippen LogP) is -5.38. The third-order valence-electron chi connectivity index (χ3n) is 2.91. The van der Waals surface area contributed by atoms with Crippen molar-refractivity contribution in [2.24, 2.45) is 0 Å². The zero-order valence-corrected chi connectivity index (χ0v) is 14.3. The number of rotatable bonds is 2. The predicted molar refractivity (Wildman–Crippen MR) is 60.4 cm³/mol. The topological polar surface area (TPSA) is 0 Å². The number of hydrogen-bond donors (Lipinski definition) is 0. The molecule has 0 saturated heterocycles. The molecule has 18 heavy (non-hydrogen) atoms. The van der Waals surface area contributed by atoms with Gasteiger partial charge in [-0.15, -0.1) is 0 Å². The average molecular weight is 338 g/mol. The van der Waals surface area contributed by atoms with E-state index in [1.165, 1.54) is 26.1 Å². The van der Waals surface area contributed by atoms with Crippen molar-refractivity contribution in [1.82, 2.24) is 0 Å². The first-order chi connectivity index (χ1) is 7.16. The first-order valence-corrected chi connectivity index (χ1v) is 6.11. The summed E-state index contributed by atoms with van der Waals surface area (Å²) >= 11 is 2.23. The van der Waals surface area contributed by atoms with Crippen LogP contribution in [0.3, 0.4) is 0 Å². The first kappa shape index (κ1) is 20.6. The summed E-state index contributed by atoms with van der Waals surface area (Å²) in [5.41, 5.74) is 5.72. The quantitative estimate of drug-likeness (QED) is 0.473. The number of hydrogen-bond acceptors (Lipinski definition) is 0. The van der Waals surface area contributed by atoms with E-state index < -0.39 is 0 Å². The molecule has 0 atom stereocenters. The fourth-order valence-corrected chi connectivity index (χ4v) is 2.42. The second-order valence-electron chi connectivity index (χ2n) is 4.22. The molecule has 0 amide bonds. The maximum atomic E-state index is 2.27. The Morgan fingerprint density at radius 3 is 2.28 bits per heavy atom. The van der Waals surface area contributed by atoms with Crippen molar-refractivity contribution in [3.63, 3.8) is 0 Å². The zero-order valence-electron chi connectivity index (χ0n) is 10.4. The van der Waals surface area contributed by atoms with E-state index in [9.17, 15) is 0 Å². The van der Waals surface area contributed by atoms with Gasteiger partial charge >= 0.3 is 104 Å². The fraction of sp³-hybridized carbons (Fsp3) is 0.286. The van der Waals surface area contributed by atoms with Crippen LogP contribution < -0.4 is 37.2 Å². The van der Waals surface area contributed by atoms with Gasteiger partial charge in [0.25, 0.3) is 0 Å². The molecule has 0 heterocycles. The molecule has 0 aromatic heterocycles. The molecule has 1 aromatic carbocycles. The molecule has 0 aliphatic heterocycles. The van der Waals surface area contributed by atoms with Crippen LogP contribution in [0.15, 0.2) is 39.8 Å². The molecular formula is C14H15Cl3Ti. The number of allylic oxidation sites excluding steroid dienone is 4. The Labute approximate surface area is 140 Å². The van der Waals surface area contributed by atoms with Gasteiger partial charge in [0, 0.05) is 0 Å². The molecule has 0 N–H and O–H groups in total. The van der Waals surface area contributed by atoms with E-state index in [4.69, 9.17) is 0 Å². The minimum atomic E-state index is 0. The van der Waals surface area contributed by atoms with E-state index in [0.29, 0.717) is 0 Å². The smallest absolute Gasteiger partial charge is 1.00 e.